The number of hydrogen-bond donors (Lipinski definition) is 2. The zero-order valence-electron chi connectivity index (χ0n) is 19.9. The van der Waals surface area contributed by atoms with E-state index in [9.17, 15) is 19.5 Å². The van der Waals surface area contributed by atoms with Crippen molar-refractivity contribution in [1.82, 2.24) is 10.2 Å². The Bertz CT molecular complexity index is 1050. The van der Waals surface area contributed by atoms with Crippen LogP contribution in [-0.2, 0) is 14.3 Å². The number of likely N-dealkylation sites (tertiary alicyclic amines) is 1. The maximum Gasteiger partial charge on any atom is 0.407 e. The molecule has 2 atom stereocenters. The molecule has 180 valence electrons. The highest BCUT2D eigenvalue weighted by Crippen LogP contribution is 2.44. The summed E-state index contributed by atoms with van der Waals surface area (Å²) < 4.78 is 5.64. The highest BCUT2D eigenvalue weighted by molar-refractivity contribution is 5.82. The molecule has 2 unspecified atom stereocenters. The summed E-state index contributed by atoms with van der Waals surface area (Å²) in [4.78, 5) is 38.6. The van der Waals surface area contributed by atoms with E-state index in [4.69, 9.17) is 4.74 Å². The first-order valence-electron chi connectivity index (χ1n) is 11.8. The first kappa shape index (κ1) is 23.8. The van der Waals surface area contributed by atoms with Crippen molar-refractivity contribution in [1.29, 1.82) is 0 Å². The summed E-state index contributed by atoms with van der Waals surface area (Å²) in [6, 6.07) is 15.9. The van der Waals surface area contributed by atoms with Gasteiger partial charge in [-0.15, -0.1) is 0 Å². The van der Waals surface area contributed by atoms with Crippen LogP contribution >= 0.6 is 0 Å². The van der Waals surface area contributed by atoms with E-state index in [2.05, 4.69) is 29.6 Å². The molecule has 34 heavy (non-hydrogen) atoms. The molecular formula is C27H32N2O5. The van der Waals surface area contributed by atoms with E-state index < -0.39 is 23.5 Å². The van der Waals surface area contributed by atoms with E-state index in [1.165, 1.54) is 0 Å². The predicted molar refractivity (Wildman–Crippen MR) is 128 cm³/mol. The van der Waals surface area contributed by atoms with Gasteiger partial charge in [-0.1, -0.05) is 62.4 Å². The number of carbonyl (C=O) groups is 3. The minimum Gasteiger partial charge on any atom is -0.481 e. The summed E-state index contributed by atoms with van der Waals surface area (Å²) in [6.07, 6.45) is -0.0113. The van der Waals surface area contributed by atoms with Crippen molar-refractivity contribution in [3.8, 4) is 11.1 Å². The summed E-state index contributed by atoms with van der Waals surface area (Å²) >= 11 is 0. The molecule has 2 aromatic carbocycles. The number of alkyl carbamates (subject to hydrolysis) is 1. The molecular weight excluding hydrogens is 432 g/mol. The number of hydrogen-bond acceptors (Lipinski definition) is 4. The van der Waals surface area contributed by atoms with E-state index >= 15 is 0 Å². The van der Waals surface area contributed by atoms with Crippen LogP contribution in [0.15, 0.2) is 48.5 Å². The number of benzene rings is 2. The fourth-order valence-corrected chi connectivity index (χ4v) is 4.91. The van der Waals surface area contributed by atoms with Gasteiger partial charge in [-0.2, -0.15) is 0 Å². The Morgan fingerprint density at radius 1 is 1.09 bits per heavy atom. The number of rotatable bonds is 7. The van der Waals surface area contributed by atoms with Crippen LogP contribution in [-0.4, -0.2) is 53.7 Å². The second-order valence-electron chi connectivity index (χ2n) is 9.96. The number of fused-ring (bicyclic) bond motifs is 3. The van der Waals surface area contributed by atoms with Gasteiger partial charge in [0.2, 0.25) is 5.91 Å². The number of ether oxygens (including phenoxy) is 1. The monoisotopic (exact) mass is 464 g/mol. The van der Waals surface area contributed by atoms with Gasteiger partial charge in [-0.3, -0.25) is 9.59 Å². The van der Waals surface area contributed by atoms with Crippen LogP contribution in [0.2, 0.25) is 0 Å². The van der Waals surface area contributed by atoms with Crippen LogP contribution in [0, 0.1) is 11.3 Å². The number of carboxylic acid groups (broad SMARTS) is 1. The van der Waals surface area contributed by atoms with Crippen molar-refractivity contribution in [2.75, 3.05) is 19.7 Å². The molecule has 1 aliphatic carbocycles. The Balaban J connectivity index is 1.36. The largest absolute Gasteiger partial charge is 0.481 e. The third-order valence-electron chi connectivity index (χ3n) is 7.19. The third kappa shape index (κ3) is 4.65. The Hall–Kier alpha value is -3.35. The molecule has 2 aliphatic rings. The molecule has 0 saturated carbocycles. The lowest BCUT2D eigenvalue weighted by atomic mass is 9.90. The van der Waals surface area contributed by atoms with E-state index in [0.29, 0.717) is 13.0 Å². The summed E-state index contributed by atoms with van der Waals surface area (Å²) in [5, 5.41) is 12.3. The molecule has 7 heteroatoms. The second-order valence-corrected chi connectivity index (χ2v) is 9.96. The molecule has 0 spiro atoms. The lowest BCUT2D eigenvalue weighted by Crippen LogP contribution is -2.44. The SMILES string of the molecule is CC(C)C(CC(=O)N1CCC(C)(C(=O)O)C1)NC(=O)OCC1c2ccccc2-c2ccccc21. The van der Waals surface area contributed by atoms with Crippen LogP contribution < -0.4 is 5.32 Å². The van der Waals surface area contributed by atoms with Gasteiger partial charge in [0.25, 0.3) is 0 Å². The molecule has 1 heterocycles. The average Bonchev–Trinajstić information content (AvgIpc) is 3.37. The molecule has 4 rings (SSSR count). The molecule has 2 aromatic rings. The van der Waals surface area contributed by atoms with Crippen LogP contribution in [0.4, 0.5) is 4.79 Å². The molecule has 0 radical (unpaired) electrons. The summed E-state index contributed by atoms with van der Waals surface area (Å²) in [7, 11) is 0. The second kappa shape index (κ2) is 9.49. The third-order valence-corrected chi connectivity index (χ3v) is 7.19. The molecule has 2 amide bonds. The molecule has 1 saturated heterocycles. The summed E-state index contributed by atoms with van der Waals surface area (Å²) in [6.45, 7) is 6.35. The van der Waals surface area contributed by atoms with Crippen molar-refractivity contribution in [3.05, 3.63) is 59.7 Å². The van der Waals surface area contributed by atoms with Crippen molar-refractivity contribution in [2.45, 2.75) is 45.6 Å². The first-order valence-corrected chi connectivity index (χ1v) is 11.8. The zero-order valence-corrected chi connectivity index (χ0v) is 19.9. The highest BCUT2D eigenvalue weighted by Gasteiger charge is 2.42. The topological polar surface area (TPSA) is 95.9 Å². The van der Waals surface area contributed by atoms with Gasteiger partial charge in [-0.05, 0) is 41.5 Å². The van der Waals surface area contributed by atoms with E-state index in [1.807, 2.05) is 38.1 Å². The molecule has 0 bridgehead atoms. The normalized spacial score (nSPS) is 20.1. The summed E-state index contributed by atoms with van der Waals surface area (Å²) in [5.41, 5.74) is 3.70. The van der Waals surface area contributed by atoms with Crippen molar-refractivity contribution in [2.24, 2.45) is 11.3 Å². The highest BCUT2D eigenvalue weighted by atomic mass is 16.5. The minimum atomic E-state index is -0.913. The van der Waals surface area contributed by atoms with Crippen LogP contribution in [0.25, 0.3) is 11.1 Å². The maximum absolute atomic E-state index is 12.8. The van der Waals surface area contributed by atoms with Gasteiger partial charge >= 0.3 is 12.1 Å². The Kier molecular flexibility index (Phi) is 6.64. The number of carboxylic acids is 1. The molecule has 0 aromatic heterocycles. The van der Waals surface area contributed by atoms with E-state index in [-0.39, 0.29) is 37.3 Å². The van der Waals surface area contributed by atoms with Crippen molar-refractivity contribution >= 4 is 18.0 Å². The van der Waals surface area contributed by atoms with Gasteiger partial charge in [0.1, 0.15) is 6.61 Å². The lowest BCUT2D eigenvalue weighted by molar-refractivity contribution is -0.147. The lowest BCUT2D eigenvalue weighted by Gasteiger charge is -2.26. The molecule has 7 nitrogen and oxygen atoms in total. The van der Waals surface area contributed by atoms with Gasteiger partial charge in [0.15, 0.2) is 0 Å². The van der Waals surface area contributed by atoms with E-state index in [0.717, 1.165) is 22.3 Å². The molecule has 1 aliphatic heterocycles. The van der Waals surface area contributed by atoms with Crippen molar-refractivity contribution in [3.63, 3.8) is 0 Å². The average molecular weight is 465 g/mol. The standard InChI is InChI=1S/C27H32N2O5/c1-17(2)23(14-24(30)29-13-12-27(3,16-29)25(31)32)28-26(33)34-15-22-20-10-6-4-8-18(20)19-9-5-7-11-21(19)22/h4-11,17,22-23H,12-16H2,1-3H3,(H,28,33)(H,31,32). The number of nitrogens with zero attached hydrogens (tertiary/aromatic N) is 1. The number of nitrogens with one attached hydrogen (secondary N) is 1. The smallest absolute Gasteiger partial charge is 0.407 e. The zero-order chi connectivity index (χ0) is 24.5. The number of carbonyl (C=O) groups excluding carboxylic acids is 2. The van der Waals surface area contributed by atoms with Gasteiger partial charge < -0.3 is 20.1 Å². The maximum atomic E-state index is 12.8. The molecule has 1 fully saturated rings. The van der Waals surface area contributed by atoms with Crippen LogP contribution in [0.3, 0.4) is 0 Å². The minimum absolute atomic E-state index is 0.0119. The fraction of sp³-hybridized carbons (Fsp3) is 0.444. The Morgan fingerprint density at radius 2 is 1.68 bits per heavy atom. The van der Waals surface area contributed by atoms with Gasteiger partial charge in [0, 0.05) is 31.5 Å². The fourth-order valence-electron chi connectivity index (χ4n) is 4.91. The first-order chi connectivity index (χ1) is 16.2. The quantitative estimate of drug-likeness (QED) is 0.638. The number of amides is 2. The Labute approximate surface area is 200 Å². The van der Waals surface area contributed by atoms with Gasteiger partial charge in [0.05, 0.1) is 5.41 Å². The Morgan fingerprint density at radius 3 is 2.21 bits per heavy atom. The molecule has 2 N–H and O–H groups in total. The van der Waals surface area contributed by atoms with Gasteiger partial charge in [-0.25, -0.2) is 4.79 Å². The summed E-state index contributed by atoms with van der Waals surface area (Å²) in [5.74, 6) is -1.06. The van der Waals surface area contributed by atoms with Crippen molar-refractivity contribution < 1.29 is 24.2 Å². The predicted octanol–water partition coefficient (Wildman–Crippen LogP) is 4.26. The van der Waals surface area contributed by atoms with E-state index in [1.54, 1.807) is 11.8 Å². The number of aliphatic carboxylic acids is 1. The van der Waals surface area contributed by atoms with Crippen LogP contribution in [0.1, 0.15) is 50.7 Å². The van der Waals surface area contributed by atoms with Crippen LogP contribution in [0.5, 0.6) is 0 Å².